The van der Waals surface area contributed by atoms with Crippen LogP contribution < -0.4 is 10.6 Å². The molecule has 2 rings (SSSR count). The molecule has 0 saturated heterocycles. The Bertz CT molecular complexity index is 665. The van der Waals surface area contributed by atoms with Crippen molar-refractivity contribution < 1.29 is 18.0 Å². The normalized spacial score (nSPS) is 11.3. The highest BCUT2D eigenvalue weighted by atomic mass is 19.4. The number of rotatable bonds is 3. The second-order valence-corrected chi connectivity index (χ2v) is 4.17. The van der Waals surface area contributed by atoms with Crippen LogP contribution in [0.5, 0.6) is 0 Å². The van der Waals surface area contributed by atoms with E-state index in [1.54, 1.807) is 7.05 Å². The minimum Gasteiger partial charge on any atom is -0.388 e. The van der Waals surface area contributed by atoms with Crippen LogP contribution in [0.3, 0.4) is 0 Å². The molecule has 0 aliphatic carbocycles. The second kappa shape index (κ2) is 5.43. The van der Waals surface area contributed by atoms with Crippen molar-refractivity contribution in [2.24, 2.45) is 7.05 Å². The lowest BCUT2D eigenvalue weighted by molar-refractivity contribution is -0.136. The van der Waals surface area contributed by atoms with Crippen LogP contribution in [0.1, 0.15) is 15.9 Å². The van der Waals surface area contributed by atoms with Crippen LogP contribution in [0, 0.1) is 0 Å². The van der Waals surface area contributed by atoms with E-state index in [-0.39, 0.29) is 17.2 Å². The summed E-state index contributed by atoms with van der Waals surface area (Å²) < 4.78 is 40.1. The summed E-state index contributed by atoms with van der Waals surface area (Å²) in [7, 11) is 2.93. The number of hydrogen-bond donors (Lipinski definition) is 2. The Labute approximate surface area is 118 Å². The van der Waals surface area contributed by atoms with Crippen molar-refractivity contribution in [2.45, 2.75) is 6.18 Å². The Morgan fingerprint density at radius 1 is 1.33 bits per heavy atom. The average molecular weight is 299 g/mol. The van der Waals surface area contributed by atoms with Crippen molar-refractivity contribution in [3.05, 3.63) is 35.7 Å². The van der Waals surface area contributed by atoms with Gasteiger partial charge in [-0.15, -0.1) is 0 Å². The first-order valence-electron chi connectivity index (χ1n) is 5.87. The number of nitrogens with one attached hydrogen (secondary N) is 2. The van der Waals surface area contributed by atoms with E-state index in [4.69, 9.17) is 0 Å². The number of alkyl halides is 3. The molecule has 9 heteroatoms. The van der Waals surface area contributed by atoms with Gasteiger partial charge in [0.15, 0.2) is 0 Å². The van der Waals surface area contributed by atoms with Gasteiger partial charge in [-0.3, -0.25) is 10.1 Å². The van der Waals surface area contributed by atoms with Crippen LogP contribution in [-0.2, 0) is 13.2 Å². The summed E-state index contributed by atoms with van der Waals surface area (Å²) in [5.74, 6) is -0.550. The highest BCUT2D eigenvalue weighted by molar-refractivity contribution is 6.03. The topological polar surface area (TPSA) is 71.8 Å². The predicted octanol–water partition coefficient (Wildman–Crippen LogP) is 2.13. The summed E-state index contributed by atoms with van der Waals surface area (Å²) in [5, 5.41) is 8.58. The molecule has 1 aromatic heterocycles. The molecule has 0 bridgehead atoms. The molecule has 112 valence electrons. The zero-order valence-electron chi connectivity index (χ0n) is 11.2. The molecule has 1 amide bonds. The quantitative estimate of drug-likeness (QED) is 0.910. The summed E-state index contributed by atoms with van der Waals surface area (Å²) in [6.45, 7) is 0. The number of aryl methyl sites for hydroxylation is 1. The van der Waals surface area contributed by atoms with E-state index in [9.17, 15) is 18.0 Å². The Morgan fingerprint density at radius 3 is 2.57 bits per heavy atom. The van der Waals surface area contributed by atoms with Crippen molar-refractivity contribution >= 4 is 17.5 Å². The Balaban J connectivity index is 2.32. The SMILES string of the molecule is CNc1ccc(C(=O)Nc2ncnn2C)cc1C(F)(F)F. The fourth-order valence-electron chi connectivity index (χ4n) is 1.72. The molecule has 0 aliphatic rings. The van der Waals surface area contributed by atoms with Crippen molar-refractivity contribution in [3.63, 3.8) is 0 Å². The van der Waals surface area contributed by atoms with Crippen molar-refractivity contribution in [2.75, 3.05) is 17.7 Å². The molecule has 21 heavy (non-hydrogen) atoms. The first-order valence-corrected chi connectivity index (χ1v) is 5.87. The van der Waals surface area contributed by atoms with E-state index in [2.05, 4.69) is 20.7 Å². The van der Waals surface area contributed by atoms with Gasteiger partial charge < -0.3 is 5.32 Å². The van der Waals surface area contributed by atoms with Gasteiger partial charge in [-0.2, -0.15) is 23.3 Å². The van der Waals surface area contributed by atoms with E-state index in [0.717, 1.165) is 6.07 Å². The van der Waals surface area contributed by atoms with Gasteiger partial charge in [0.1, 0.15) is 6.33 Å². The van der Waals surface area contributed by atoms with Crippen LogP contribution in [0.4, 0.5) is 24.8 Å². The maximum absolute atomic E-state index is 12.9. The van der Waals surface area contributed by atoms with Crippen LogP contribution in [-0.4, -0.2) is 27.7 Å². The predicted molar refractivity (Wildman–Crippen MR) is 69.9 cm³/mol. The van der Waals surface area contributed by atoms with Crippen LogP contribution >= 0.6 is 0 Å². The molecule has 2 N–H and O–H groups in total. The van der Waals surface area contributed by atoms with Gasteiger partial charge in [-0.25, -0.2) is 4.68 Å². The number of carbonyl (C=O) groups is 1. The number of aromatic nitrogens is 3. The zero-order chi connectivity index (χ0) is 15.6. The number of hydrogen-bond acceptors (Lipinski definition) is 4. The Hall–Kier alpha value is -2.58. The van der Waals surface area contributed by atoms with Gasteiger partial charge in [-0.05, 0) is 18.2 Å². The van der Waals surface area contributed by atoms with E-state index in [0.29, 0.717) is 0 Å². The molecule has 0 atom stereocenters. The van der Waals surface area contributed by atoms with E-state index in [1.165, 1.54) is 30.2 Å². The molecule has 0 fully saturated rings. The van der Waals surface area contributed by atoms with Gasteiger partial charge in [0, 0.05) is 25.3 Å². The number of halogens is 3. The van der Waals surface area contributed by atoms with Crippen molar-refractivity contribution in [1.29, 1.82) is 0 Å². The molecular formula is C12H12F3N5O. The fraction of sp³-hybridized carbons (Fsp3) is 0.250. The fourth-order valence-corrected chi connectivity index (χ4v) is 1.72. The van der Waals surface area contributed by atoms with Crippen LogP contribution in [0.15, 0.2) is 24.5 Å². The highest BCUT2D eigenvalue weighted by Crippen LogP contribution is 2.35. The molecule has 2 aromatic rings. The Morgan fingerprint density at radius 2 is 2.05 bits per heavy atom. The van der Waals surface area contributed by atoms with Crippen molar-refractivity contribution in [3.8, 4) is 0 Å². The minimum atomic E-state index is -4.56. The number of nitrogens with zero attached hydrogens (tertiary/aromatic N) is 3. The van der Waals surface area contributed by atoms with E-state index < -0.39 is 17.6 Å². The van der Waals surface area contributed by atoms with Gasteiger partial charge in [-0.1, -0.05) is 0 Å². The molecule has 1 aromatic carbocycles. The maximum atomic E-state index is 12.9. The first kappa shape index (κ1) is 14.8. The zero-order valence-corrected chi connectivity index (χ0v) is 11.2. The van der Waals surface area contributed by atoms with Crippen molar-refractivity contribution in [1.82, 2.24) is 14.8 Å². The van der Waals surface area contributed by atoms with Crippen LogP contribution in [0.25, 0.3) is 0 Å². The van der Waals surface area contributed by atoms with E-state index >= 15 is 0 Å². The van der Waals surface area contributed by atoms with Gasteiger partial charge in [0.25, 0.3) is 5.91 Å². The lowest BCUT2D eigenvalue weighted by Gasteiger charge is -2.14. The number of carbonyl (C=O) groups excluding carboxylic acids is 1. The molecule has 0 aliphatic heterocycles. The molecule has 0 radical (unpaired) electrons. The maximum Gasteiger partial charge on any atom is 0.418 e. The lowest BCUT2D eigenvalue weighted by atomic mass is 10.1. The minimum absolute atomic E-state index is 0.0993. The van der Waals surface area contributed by atoms with Gasteiger partial charge in [0.05, 0.1) is 5.56 Å². The summed E-state index contributed by atoms with van der Waals surface area (Å²) in [6.07, 6.45) is -3.33. The van der Waals surface area contributed by atoms with E-state index in [1.807, 2.05) is 0 Å². The second-order valence-electron chi connectivity index (χ2n) is 4.17. The Kier molecular flexibility index (Phi) is 3.83. The summed E-state index contributed by atoms with van der Waals surface area (Å²) in [5.41, 5.74) is -1.13. The third kappa shape index (κ3) is 3.12. The molecule has 0 spiro atoms. The molecule has 1 heterocycles. The third-order valence-electron chi connectivity index (χ3n) is 2.79. The number of anilines is 2. The summed E-state index contributed by atoms with van der Waals surface area (Å²) >= 11 is 0. The first-order chi connectivity index (χ1) is 9.82. The summed E-state index contributed by atoms with van der Waals surface area (Å²) in [6, 6.07) is 3.29. The highest BCUT2D eigenvalue weighted by Gasteiger charge is 2.34. The van der Waals surface area contributed by atoms with Gasteiger partial charge >= 0.3 is 6.18 Å². The molecule has 0 unspecified atom stereocenters. The lowest BCUT2D eigenvalue weighted by Crippen LogP contribution is -2.17. The largest absolute Gasteiger partial charge is 0.418 e. The average Bonchev–Trinajstić information content (AvgIpc) is 2.82. The number of amides is 1. The van der Waals surface area contributed by atoms with Crippen LogP contribution in [0.2, 0.25) is 0 Å². The van der Waals surface area contributed by atoms with Gasteiger partial charge in [0.2, 0.25) is 5.95 Å². The standard InChI is InChI=1S/C12H12F3N5O/c1-16-9-4-3-7(5-8(9)12(13,14)15)10(21)19-11-17-6-18-20(11)2/h3-6,16H,1-2H3,(H,17,18,19,21). The number of benzene rings is 1. The smallest absolute Gasteiger partial charge is 0.388 e. The monoisotopic (exact) mass is 299 g/mol. The molecule has 6 nitrogen and oxygen atoms in total. The molecule has 0 saturated carbocycles. The molecular weight excluding hydrogens is 287 g/mol. The third-order valence-corrected chi connectivity index (χ3v) is 2.79. The summed E-state index contributed by atoms with van der Waals surface area (Å²) in [4.78, 5) is 15.7.